The van der Waals surface area contributed by atoms with Crippen molar-refractivity contribution in [2.75, 3.05) is 0 Å². The molecule has 0 amide bonds. The first kappa shape index (κ1) is 11.9. The van der Waals surface area contributed by atoms with E-state index in [1.54, 1.807) is 12.1 Å². The molecule has 1 aliphatic rings. The zero-order valence-corrected chi connectivity index (χ0v) is 10.4. The molecule has 2 nitrogen and oxygen atoms in total. The smallest absolute Gasteiger partial charge is 0.137 e. The minimum absolute atomic E-state index is 0.161. The van der Waals surface area contributed by atoms with E-state index >= 15 is 0 Å². The summed E-state index contributed by atoms with van der Waals surface area (Å²) in [6.07, 6.45) is 3.20. The van der Waals surface area contributed by atoms with Crippen LogP contribution in [0.25, 0.3) is 0 Å². The summed E-state index contributed by atoms with van der Waals surface area (Å²) >= 11 is 3.11. The van der Waals surface area contributed by atoms with Gasteiger partial charge in [0.2, 0.25) is 0 Å². The predicted molar refractivity (Wildman–Crippen MR) is 63.0 cm³/mol. The van der Waals surface area contributed by atoms with Crippen molar-refractivity contribution in [3.63, 3.8) is 0 Å². The van der Waals surface area contributed by atoms with Gasteiger partial charge in [-0.05, 0) is 53.4 Å². The van der Waals surface area contributed by atoms with E-state index < -0.39 is 6.10 Å². The Morgan fingerprint density at radius 2 is 2.06 bits per heavy atom. The number of benzene rings is 1. The van der Waals surface area contributed by atoms with Crippen molar-refractivity contribution >= 4 is 15.9 Å². The standard InChI is InChI=1S/C12H14BrFO2/c13-9-7-8(5-6-10(9)14)16-12-4-2-1-3-11(12)15/h5-7,11-12,15H,1-4H2/t11-,12-/m1/s1. The molecule has 1 aromatic carbocycles. The molecule has 88 valence electrons. The topological polar surface area (TPSA) is 29.5 Å². The van der Waals surface area contributed by atoms with Gasteiger partial charge in [-0.1, -0.05) is 6.42 Å². The van der Waals surface area contributed by atoms with Crippen LogP contribution in [0, 0.1) is 5.82 Å². The van der Waals surface area contributed by atoms with E-state index in [-0.39, 0.29) is 11.9 Å². The second kappa shape index (κ2) is 5.15. The molecule has 0 saturated heterocycles. The summed E-state index contributed by atoms with van der Waals surface area (Å²) in [5, 5.41) is 9.74. The van der Waals surface area contributed by atoms with Gasteiger partial charge >= 0.3 is 0 Å². The van der Waals surface area contributed by atoms with Crippen molar-refractivity contribution in [1.29, 1.82) is 0 Å². The molecule has 2 rings (SSSR count). The van der Waals surface area contributed by atoms with Crippen LogP contribution in [0.1, 0.15) is 25.7 Å². The molecule has 1 aromatic rings. The van der Waals surface area contributed by atoms with Crippen LogP contribution in [0.4, 0.5) is 4.39 Å². The van der Waals surface area contributed by atoms with Crippen molar-refractivity contribution in [2.24, 2.45) is 0 Å². The lowest BCUT2D eigenvalue weighted by Crippen LogP contribution is -2.34. The fraction of sp³-hybridized carbons (Fsp3) is 0.500. The molecule has 0 spiro atoms. The van der Waals surface area contributed by atoms with Gasteiger partial charge in [0.1, 0.15) is 17.7 Å². The average Bonchev–Trinajstić information content (AvgIpc) is 2.27. The maximum atomic E-state index is 13.0. The van der Waals surface area contributed by atoms with Gasteiger partial charge in [-0.15, -0.1) is 0 Å². The molecule has 0 radical (unpaired) electrons. The van der Waals surface area contributed by atoms with E-state index in [0.29, 0.717) is 10.2 Å². The number of aliphatic hydroxyl groups is 1. The van der Waals surface area contributed by atoms with Gasteiger partial charge in [0.05, 0.1) is 10.6 Å². The number of aliphatic hydroxyl groups excluding tert-OH is 1. The zero-order valence-electron chi connectivity index (χ0n) is 8.83. The van der Waals surface area contributed by atoms with E-state index in [0.717, 1.165) is 25.7 Å². The molecule has 0 aliphatic heterocycles. The maximum Gasteiger partial charge on any atom is 0.137 e. The Morgan fingerprint density at radius 1 is 1.31 bits per heavy atom. The Balaban J connectivity index is 2.05. The van der Waals surface area contributed by atoms with Gasteiger partial charge < -0.3 is 9.84 Å². The van der Waals surface area contributed by atoms with E-state index in [9.17, 15) is 9.50 Å². The highest BCUT2D eigenvalue weighted by Crippen LogP contribution is 2.26. The van der Waals surface area contributed by atoms with Gasteiger partial charge in [-0.3, -0.25) is 0 Å². The molecule has 1 N–H and O–H groups in total. The second-order valence-electron chi connectivity index (χ2n) is 4.08. The Morgan fingerprint density at radius 3 is 2.75 bits per heavy atom. The fourth-order valence-electron chi connectivity index (χ4n) is 1.94. The molecule has 4 heteroatoms. The largest absolute Gasteiger partial charge is 0.488 e. The summed E-state index contributed by atoms with van der Waals surface area (Å²) in [6, 6.07) is 4.53. The van der Waals surface area contributed by atoms with Gasteiger partial charge in [-0.25, -0.2) is 4.39 Å². The van der Waals surface area contributed by atoms with E-state index in [1.165, 1.54) is 6.07 Å². The summed E-state index contributed by atoms with van der Waals surface area (Å²) in [7, 11) is 0. The zero-order chi connectivity index (χ0) is 11.5. The van der Waals surface area contributed by atoms with Crippen LogP contribution in [0.5, 0.6) is 5.75 Å². The van der Waals surface area contributed by atoms with Crippen LogP contribution in [0.15, 0.2) is 22.7 Å². The average molecular weight is 289 g/mol. The number of hydrogen-bond donors (Lipinski definition) is 1. The molecule has 0 heterocycles. The van der Waals surface area contributed by atoms with Crippen molar-refractivity contribution in [1.82, 2.24) is 0 Å². The van der Waals surface area contributed by atoms with Crippen molar-refractivity contribution in [3.05, 3.63) is 28.5 Å². The third-order valence-corrected chi connectivity index (χ3v) is 3.45. The summed E-state index contributed by atoms with van der Waals surface area (Å²) in [4.78, 5) is 0. The highest BCUT2D eigenvalue weighted by molar-refractivity contribution is 9.10. The second-order valence-corrected chi connectivity index (χ2v) is 4.94. The monoisotopic (exact) mass is 288 g/mol. The molecule has 0 aromatic heterocycles. The summed E-state index contributed by atoms with van der Waals surface area (Å²) in [5.74, 6) is 0.288. The van der Waals surface area contributed by atoms with Gasteiger partial charge in [-0.2, -0.15) is 0 Å². The lowest BCUT2D eigenvalue weighted by atomic mass is 9.95. The summed E-state index contributed by atoms with van der Waals surface area (Å²) in [5.41, 5.74) is 0. The van der Waals surface area contributed by atoms with Crippen LogP contribution in [0.2, 0.25) is 0 Å². The Hall–Kier alpha value is -0.610. The SMILES string of the molecule is O[C@@H]1CCCC[C@H]1Oc1ccc(F)c(Br)c1. The third-order valence-electron chi connectivity index (χ3n) is 2.85. The van der Waals surface area contributed by atoms with Crippen LogP contribution in [-0.2, 0) is 0 Å². The molecule has 16 heavy (non-hydrogen) atoms. The van der Waals surface area contributed by atoms with E-state index in [4.69, 9.17) is 4.74 Å². The predicted octanol–water partition coefficient (Wildman–Crippen LogP) is 3.27. The lowest BCUT2D eigenvalue weighted by Gasteiger charge is -2.28. The molecular weight excluding hydrogens is 275 g/mol. The molecular formula is C12H14BrFO2. The molecule has 0 bridgehead atoms. The van der Waals surface area contributed by atoms with Crippen LogP contribution < -0.4 is 4.74 Å². The number of halogens is 2. The lowest BCUT2D eigenvalue weighted by molar-refractivity contribution is 0.00681. The van der Waals surface area contributed by atoms with Gasteiger partial charge in [0, 0.05) is 0 Å². The van der Waals surface area contributed by atoms with E-state index in [1.807, 2.05) is 0 Å². The minimum Gasteiger partial charge on any atom is -0.488 e. The van der Waals surface area contributed by atoms with Crippen molar-refractivity contribution in [2.45, 2.75) is 37.9 Å². The number of rotatable bonds is 2. The molecule has 2 atom stereocenters. The highest BCUT2D eigenvalue weighted by atomic mass is 79.9. The first-order valence-corrected chi connectivity index (χ1v) is 6.26. The van der Waals surface area contributed by atoms with Gasteiger partial charge in [0.25, 0.3) is 0 Å². The summed E-state index contributed by atoms with van der Waals surface area (Å²) < 4.78 is 19.0. The van der Waals surface area contributed by atoms with Gasteiger partial charge in [0.15, 0.2) is 0 Å². The first-order chi connectivity index (χ1) is 7.66. The highest BCUT2D eigenvalue weighted by Gasteiger charge is 2.24. The summed E-state index contributed by atoms with van der Waals surface area (Å²) in [6.45, 7) is 0. The molecule has 0 unspecified atom stereocenters. The third kappa shape index (κ3) is 2.74. The number of hydrogen-bond acceptors (Lipinski definition) is 2. The minimum atomic E-state index is -0.405. The van der Waals surface area contributed by atoms with Crippen molar-refractivity contribution < 1.29 is 14.2 Å². The Kier molecular flexibility index (Phi) is 3.82. The Labute approximate surface area is 103 Å². The first-order valence-electron chi connectivity index (χ1n) is 5.46. The molecule has 1 aliphatic carbocycles. The maximum absolute atomic E-state index is 13.0. The van der Waals surface area contributed by atoms with Crippen LogP contribution >= 0.6 is 15.9 Å². The van der Waals surface area contributed by atoms with Crippen LogP contribution in [0.3, 0.4) is 0 Å². The fourth-order valence-corrected chi connectivity index (χ4v) is 2.30. The number of ether oxygens (including phenoxy) is 1. The molecule has 1 fully saturated rings. The quantitative estimate of drug-likeness (QED) is 0.905. The van der Waals surface area contributed by atoms with Crippen LogP contribution in [-0.4, -0.2) is 17.3 Å². The normalized spacial score (nSPS) is 25.4. The van der Waals surface area contributed by atoms with E-state index in [2.05, 4.69) is 15.9 Å². The molecule has 1 saturated carbocycles. The Bertz CT molecular complexity index is 370. The van der Waals surface area contributed by atoms with Crippen molar-refractivity contribution in [3.8, 4) is 5.75 Å².